The number of para-hydroxylation sites is 3. The number of hydrazone groups is 1. The molecule has 1 heterocycles. The molecular formula is C21H15N5O3. The van der Waals surface area contributed by atoms with Gasteiger partial charge in [-0.2, -0.15) is 10.1 Å². The maximum absolute atomic E-state index is 12.5. The predicted molar refractivity (Wildman–Crippen MR) is 112 cm³/mol. The molecule has 0 aliphatic rings. The molecule has 1 aromatic heterocycles. The lowest BCUT2D eigenvalue weighted by Gasteiger charge is -2.15. The molecule has 0 spiro atoms. The average molecular weight is 385 g/mol. The summed E-state index contributed by atoms with van der Waals surface area (Å²) in [6.07, 6.45) is 1.33. The molecule has 1 N–H and O–H groups in total. The zero-order valence-electron chi connectivity index (χ0n) is 15.1. The van der Waals surface area contributed by atoms with E-state index in [-0.39, 0.29) is 11.6 Å². The number of fused-ring (bicyclic) bond motifs is 1. The number of nitro benzene ring substituents is 1. The Morgan fingerprint density at radius 2 is 1.66 bits per heavy atom. The van der Waals surface area contributed by atoms with Crippen LogP contribution in [0.4, 0.5) is 11.6 Å². The van der Waals surface area contributed by atoms with Crippen LogP contribution in [0.25, 0.3) is 16.6 Å². The third-order valence-corrected chi connectivity index (χ3v) is 4.31. The van der Waals surface area contributed by atoms with Crippen LogP contribution in [0.1, 0.15) is 5.56 Å². The van der Waals surface area contributed by atoms with Crippen LogP contribution in [0.3, 0.4) is 0 Å². The van der Waals surface area contributed by atoms with Crippen molar-refractivity contribution in [2.45, 2.75) is 0 Å². The summed E-state index contributed by atoms with van der Waals surface area (Å²) in [5.74, 6) is 0.203. The first-order valence-corrected chi connectivity index (χ1v) is 8.75. The minimum absolute atomic E-state index is 0.0648. The number of nitrogens with one attached hydrogen (secondary N) is 1. The van der Waals surface area contributed by atoms with Crippen LogP contribution in [0, 0.1) is 10.1 Å². The number of nitro groups is 1. The van der Waals surface area contributed by atoms with E-state index in [1.807, 2.05) is 42.5 Å². The summed E-state index contributed by atoms with van der Waals surface area (Å²) >= 11 is 0. The number of hydrogen-bond donors (Lipinski definition) is 1. The lowest BCUT2D eigenvalue weighted by molar-refractivity contribution is -0.385. The zero-order valence-corrected chi connectivity index (χ0v) is 15.1. The van der Waals surface area contributed by atoms with E-state index in [0.29, 0.717) is 16.5 Å². The Kier molecular flexibility index (Phi) is 4.81. The summed E-state index contributed by atoms with van der Waals surface area (Å²) in [6.45, 7) is 0. The van der Waals surface area contributed by atoms with Crippen molar-refractivity contribution in [2.75, 3.05) is 5.43 Å². The van der Waals surface area contributed by atoms with Crippen LogP contribution >= 0.6 is 0 Å². The van der Waals surface area contributed by atoms with Gasteiger partial charge >= 0.3 is 0 Å². The Hall–Kier alpha value is -4.33. The third kappa shape index (κ3) is 3.59. The maximum atomic E-state index is 12.5. The molecule has 3 aromatic carbocycles. The van der Waals surface area contributed by atoms with Gasteiger partial charge in [0.15, 0.2) is 0 Å². The summed E-state index contributed by atoms with van der Waals surface area (Å²) in [7, 11) is 0. The molecule has 29 heavy (non-hydrogen) atoms. The van der Waals surface area contributed by atoms with E-state index in [0.717, 1.165) is 5.69 Å². The Morgan fingerprint density at radius 1 is 0.966 bits per heavy atom. The normalized spacial score (nSPS) is 11.0. The van der Waals surface area contributed by atoms with Crippen LogP contribution in [-0.2, 0) is 0 Å². The number of hydrogen-bond acceptors (Lipinski definition) is 6. The van der Waals surface area contributed by atoms with Gasteiger partial charge < -0.3 is 0 Å². The van der Waals surface area contributed by atoms with Gasteiger partial charge in [-0.15, -0.1) is 0 Å². The van der Waals surface area contributed by atoms with Crippen molar-refractivity contribution in [2.24, 2.45) is 5.10 Å². The van der Waals surface area contributed by atoms with Crippen LogP contribution in [0.15, 0.2) is 88.8 Å². The molecule has 0 aliphatic heterocycles. The smallest absolute Gasteiger partial charge is 0.279 e. The standard InChI is InChI=1S/C21H15N5O3/c27-20-17-11-5-7-13-19(17)25(16-9-2-1-3-10-16)21(23-20)24-22-14-15-8-4-6-12-18(15)26(28)29/h1-14H,(H,23,24,27)/b22-14-. The molecule has 0 aliphatic carbocycles. The largest absolute Gasteiger partial charge is 0.282 e. The van der Waals surface area contributed by atoms with Crippen LogP contribution in [0.5, 0.6) is 0 Å². The van der Waals surface area contributed by atoms with Gasteiger partial charge in [0.25, 0.3) is 11.2 Å². The molecule has 0 saturated carbocycles. The van der Waals surface area contributed by atoms with E-state index in [1.165, 1.54) is 12.3 Å². The van der Waals surface area contributed by atoms with Crippen molar-refractivity contribution < 1.29 is 4.92 Å². The molecule has 0 radical (unpaired) electrons. The molecular weight excluding hydrogens is 370 g/mol. The molecule has 4 rings (SSSR count). The highest BCUT2D eigenvalue weighted by Gasteiger charge is 2.13. The van der Waals surface area contributed by atoms with E-state index in [9.17, 15) is 14.9 Å². The highest BCUT2D eigenvalue weighted by Crippen LogP contribution is 2.21. The summed E-state index contributed by atoms with van der Waals surface area (Å²) in [4.78, 5) is 27.2. The molecule has 4 aromatic rings. The zero-order chi connectivity index (χ0) is 20.2. The SMILES string of the molecule is O=c1nc(N/N=C\c2ccccc2[N+](=O)[O-])n(-c2ccccc2)c2ccccc12. The fourth-order valence-electron chi connectivity index (χ4n) is 3.01. The molecule has 0 saturated heterocycles. The van der Waals surface area contributed by atoms with E-state index in [1.54, 1.807) is 34.9 Å². The van der Waals surface area contributed by atoms with Gasteiger partial charge in [-0.3, -0.25) is 19.5 Å². The Morgan fingerprint density at radius 3 is 2.45 bits per heavy atom. The molecule has 0 atom stereocenters. The summed E-state index contributed by atoms with van der Waals surface area (Å²) < 4.78 is 1.77. The monoisotopic (exact) mass is 385 g/mol. The second-order valence-electron chi connectivity index (χ2n) is 6.11. The lowest BCUT2D eigenvalue weighted by atomic mass is 10.2. The summed E-state index contributed by atoms with van der Waals surface area (Å²) in [5.41, 5.74) is 4.09. The van der Waals surface area contributed by atoms with Gasteiger partial charge in [-0.1, -0.05) is 42.5 Å². The Balaban J connectivity index is 1.80. The Labute approximate surface area is 164 Å². The van der Waals surface area contributed by atoms with Gasteiger partial charge in [-0.05, 0) is 30.3 Å². The highest BCUT2D eigenvalue weighted by atomic mass is 16.6. The van der Waals surface area contributed by atoms with Gasteiger partial charge in [0, 0.05) is 11.8 Å². The predicted octanol–water partition coefficient (Wildman–Crippen LogP) is 3.74. The highest BCUT2D eigenvalue weighted by molar-refractivity contribution is 5.86. The van der Waals surface area contributed by atoms with Crippen molar-refractivity contribution in [3.8, 4) is 5.69 Å². The van der Waals surface area contributed by atoms with Crippen molar-refractivity contribution in [3.63, 3.8) is 0 Å². The van der Waals surface area contributed by atoms with E-state index >= 15 is 0 Å². The van der Waals surface area contributed by atoms with Crippen molar-refractivity contribution in [1.29, 1.82) is 0 Å². The first kappa shape index (κ1) is 18.1. The number of rotatable bonds is 5. The van der Waals surface area contributed by atoms with Crippen molar-refractivity contribution in [3.05, 3.63) is 105 Å². The van der Waals surface area contributed by atoms with E-state index < -0.39 is 10.5 Å². The number of aromatic nitrogens is 2. The molecule has 0 bridgehead atoms. The lowest BCUT2D eigenvalue weighted by Crippen LogP contribution is -2.17. The second kappa shape index (κ2) is 7.73. The van der Waals surface area contributed by atoms with Crippen molar-refractivity contribution in [1.82, 2.24) is 9.55 Å². The molecule has 0 unspecified atom stereocenters. The fraction of sp³-hybridized carbons (Fsp3) is 0. The van der Waals surface area contributed by atoms with Crippen LogP contribution in [-0.4, -0.2) is 20.7 Å². The fourth-order valence-corrected chi connectivity index (χ4v) is 3.01. The van der Waals surface area contributed by atoms with E-state index in [4.69, 9.17) is 0 Å². The van der Waals surface area contributed by atoms with Crippen LogP contribution < -0.4 is 11.0 Å². The van der Waals surface area contributed by atoms with Crippen molar-refractivity contribution >= 4 is 28.8 Å². The first-order chi connectivity index (χ1) is 14.1. The molecule has 8 nitrogen and oxygen atoms in total. The quantitative estimate of drug-likeness (QED) is 0.320. The van der Waals surface area contributed by atoms with Gasteiger partial charge in [0.05, 0.1) is 27.6 Å². The Bertz CT molecular complexity index is 1280. The first-order valence-electron chi connectivity index (χ1n) is 8.75. The third-order valence-electron chi connectivity index (χ3n) is 4.31. The number of anilines is 1. The number of nitrogens with zero attached hydrogens (tertiary/aromatic N) is 4. The van der Waals surface area contributed by atoms with Gasteiger partial charge in [0.1, 0.15) is 0 Å². The minimum atomic E-state index is -0.477. The topological polar surface area (TPSA) is 102 Å². The molecule has 142 valence electrons. The molecule has 0 amide bonds. The number of benzene rings is 3. The average Bonchev–Trinajstić information content (AvgIpc) is 2.75. The second-order valence-corrected chi connectivity index (χ2v) is 6.11. The van der Waals surface area contributed by atoms with E-state index in [2.05, 4.69) is 15.5 Å². The molecule has 8 heteroatoms. The summed E-state index contributed by atoms with van der Waals surface area (Å²) in [6, 6.07) is 22.8. The summed E-state index contributed by atoms with van der Waals surface area (Å²) in [5, 5.41) is 15.7. The maximum Gasteiger partial charge on any atom is 0.282 e. The van der Waals surface area contributed by atoms with Crippen LogP contribution in [0.2, 0.25) is 0 Å². The van der Waals surface area contributed by atoms with Gasteiger partial charge in [-0.25, -0.2) is 5.43 Å². The minimum Gasteiger partial charge on any atom is -0.279 e. The van der Waals surface area contributed by atoms with Gasteiger partial charge in [0.2, 0.25) is 5.95 Å². The molecule has 0 fully saturated rings.